The first-order valence-corrected chi connectivity index (χ1v) is 5.50. The van der Waals surface area contributed by atoms with Gasteiger partial charge in [-0.3, -0.25) is 0 Å². The summed E-state index contributed by atoms with van der Waals surface area (Å²) in [5, 5.41) is 12.7. The Bertz CT molecular complexity index is 243. The largest absolute Gasteiger partial charge is 0.463 e. The Labute approximate surface area is 102 Å². The summed E-state index contributed by atoms with van der Waals surface area (Å²) < 4.78 is 4.98. The van der Waals surface area contributed by atoms with Gasteiger partial charge >= 0.3 is 5.97 Å². The van der Waals surface area contributed by atoms with E-state index < -0.39 is 6.10 Å². The molecule has 0 spiro atoms. The Morgan fingerprint density at radius 2 is 2.44 bits per heavy atom. The molecule has 1 rings (SSSR count). The Morgan fingerprint density at radius 1 is 1.69 bits per heavy atom. The number of aliphatic hydroxyl groups is 1. The van der Waals surface area contributed by atoms with E-state index in [9.17, 15) is 9.90 Å². The molecule has 94 valence electrons. The van der Waals surface area contributed by atoms with E-state index >= 15 is 0 Å². The molecular formula is C11H20ClNO3. The highest BCUT2D eigenvalue weighted by Crippen LogP contribution is 2.09. The Kier molecular flexibility index (Phi) is 8.25. The molecule has 1 aliphatic rings. The Balaban J connectivity index is 0.00000225. The number of hydrogen-bond donors (Lipinski definition) is 2. The minimum atomic E-state index is -0.495. The van der Waals surface area contributed by atoms with E-state index in [1.54, 1.807) is 0 Å². The van der Waals surface area contributed by atoms with Crippen molar-refractivity contribution in [2.45, 2.75) is 32.3 Å². The fourth-order valence-corrected chi connectivity index (χ4v) is 1.43. The molecule has 0 aromatic rings. The zero-order valence-corrected chi connectivity index (χ0v) is 10.4. The summed E-state index contributed by atoms with van der Waals surface area (Å²) in [5.74, 6) is -0.346. The first kappa shape index (κ1) is 15.4. The summed E-state index contributed by atoms with van der Waals surface area (Å²) in [6.45, 7) is 3.87. The molecule has 2 N–H and O–H groups in total. The third-order valence-electron chi connectivity index (χ3n) is 2.40. The van der Waals surface area contributed by atoms with Crippen LogP contribution in [0.15, 0.2) is 11.6 Å². The highest BCUT2D eigenvalue weighted by atomic mass is 35.5. The quantitative estimate of drug-likeness (QED) is 0.444. The van der Waals surface area contributed by atoms with Gasteiger partial charge in [-0.15, -0.1) is 12.4 Å². The number of carbonyl (C=O) groups is 1. The van der Waals surface area contributed by atoms with E-state index in [2.05, 4.69) is 5.32 Å². The van der Waals surface area contributed by atoms with Gasteiger partial charge in [0.15, 0.2) is 0 Å². The minimum absolute atomic E-state index is 0. The number of aliphatic hydroxyl groups excluding tert-OH is 1. The van der Waals surface area contributed by atoms with Crippen molar-refractivity contribution in [1.82, 2.24) is 5.32 Å². The van der Waals surface area contributed by atoms with Gasteiger partial charge in [0, 0.05) is 12.6 Å². The van der Waals surface area contributed by atoms with Gasteiger partial charge < -0.3 is 15.2 Å². The SMILES string of the molecule is CCCCOC(=O)/C=C1\CNCCC1O.Cl. The van der Waals surface area contributed by atoms with Crippen molar-refractivity contribution in [3.05, 3.63) is 11.6 Å². The smallest absolute Gasteiger partial charge is 0.330 e. The second-order valence-electron chi connectivity index (χ2n) is 3.72. The molecule has 0 saturated carbocycles. The number of esters is 1. The number of halogens is 1. The average Bonchev–Trinajstić information content (AvgIpc) is 2.22. The van der Waals surface area contributed by atoms with E-state index in [1.807, 2.05) is 6.92 Å². The molecule has 1 aliphatic heterocycles. The minimum Gasteiger partial charge on any atom is -0.463 e. The number of ether oxygens (including phenoxy) is 1. The second kappa shape index (κ2) is 8.56. The third-order valence-corrected chi connectivity index (χ3v) is 2.40. The summed E-state index contributed by atoms with van der Waals surface area (Å²) in [7, 11) is 0. The molecule has 0 radical (unpaired) electrons. The van der Waals surface area contributed by atoms with Crippen LogP contribution in [0, 0.1) is 0 Å². The number of rotatable bonds is 4. The van der Waals surface area contributed by atoms with Crippen molar-refractivity contribution < 1.29 is 14.6 Å². The van der Waals surface area contributed by atoms with Crippen LogP contribution in [-0.2, 0) is 9.53 Å². The number of piperidine rings is 1. The fraction of sp³-hybridized carbons (Fsp3) is 0.727. The monoisotopic (exact) mass is 249 g/mol. The van der Waals surface area contributed by atoms with Crippen LogP contribution in [0.2, 0.25) is 0 Å². The lowest BCUT2D eigenvalue weighted by Gasteiger charge is -2.21. The summed E-state index contributed by atoms with van der Waals surface area (Å²) in [6.07, 6.45) is 3.47. The van der Waals surface area contributed by atoms with Crippen molar-refractivity contribution in [1.29, 1.82) is 0 Å². The lowest BCUT2D eigenvalue weighted by molar-refractivity contribution is -0.138. The second-order valence-corrected chi connectivity index (χ2v) is 3.72. The van der Waals surface area contributed by atoms with Gasteiger partial charge in [-0.1, -0.05) is 13.3 Å². The van der Waals surface area contributed by atoms with Gasteiger partial charge in [0.1, 0.15) is 0 Å². The topological polar surface area (TPSA) is 58.6 Å². The molecule has 1 heterocycles. The van der Waals surface area contributed by atoms with Gasteiger partial charge in [-0.25, -0.2) is 4.79 Å². The molecule has 1 fully saturated rings. The Morgan fingerprint density at radius 3 is 3.06 bits per heavy atom. The van der Waals surface area contributed by atoms with Crippen LogP contribution in [0.25, 0.3) is 0 Å². The van der Waals surface area contributed by atoms with Crippen LogP contribution in [0.5, 0.6) is 0 Å². The Hall–Kier alpha value is -0.580. The normalized spacial score (nSPS) is 22.6. The van der Waals surface area contributed by atoms with Crippen LogP contribution < -0.4 is 5.32 Å². The van der Waals surface area contributed by atoms with E-state index in [0.29, 0.717) is 19.6 Å². The molecule has 0 aliphatic carbocycles. The van der Waals surface area contributed by atoms with E-state index in [4.69, 9.17) is 4.74 Å². The zero-order chi connectivity index (χ0) is 11.1. The number of hydrogen-bond acceptors (Lipinski definition) is 4. The first-order valence-electron chi connectivity index (χ1n) is 5.50. The molecule has 0 amide bonds. The maximum absolute atomic E-state index is 11.3. The van der Waals surface area contributed by atoms with Crippen LogP contribution in [0.4, 0.5) is 0 Å². The highest BCUT2D eigenvalue weighted by molar-refractivity contribution is 5.85. The van der Waals surface area contributed by atoms with Gasteiger partial charge in [-0.2, -0.15) is 0 Å². The van der Waals surface area contributed by atoms with Crippen molar-refractivity contribution in [3.8, 4) is 0 Å². The van der Waals surface area contributed by atoms with Crippen LogP contribution >= 0.6 is 12.4 Å². The third kappa shape index (κ3) is 5.49. The molecule has 16 heavy (non-hydrogen) atoms. The first-order chi connectivity index (χ1) is 7.24. The summed E-state index contributed by atoms with van der Waals surface area (Å²) in [6, 6.07) is 0. The maximum atomic E-state index is 11.3. The van der Waals surface area contributed by atoms with Gasteiger partial charge in [-0.05, 0) is 25.0 Å². The predicted molar refractivity (Wildman–Crippen MR) is 64.7 cm³/mol. The van der Waals surface area contributed by atoms with Crippen LogP contribution in [0.1, 0.15) is 26.2 Å². The van der Waals surface area contributed by atoms with E-state index in [0.717, 1.165) is 25.0 Å². The summed E-state index contributed by atoms with van der Waals surface area (Å²) in [4.78, 5) is 11.3. The maximum Gasteiger partial charge on any atom is 0.330 e. The lowest BCUT2D eigenvalue weighted by Crippen LogP contribution is -2.33. The number of unbranched alkanes of at least 4 members (excludes halogenated alkanes) is 1. The van der Waals surface area contributed by atoms with Crippen LogP contribution in [-0.4, -0.2) is 36.9 Å². The number of nitrogens with one attached hydrogen (secondary N) is 1. The number of carbonyl (C=O) groups excluding carboxylic acids is 1. The molecule has 0 aromatic heterocycles. The fourth-order valence-electron chi connectivity index (χ4n) is 1.43. The molecule has 1 saturated heterocycles. The summed E-state index contributed by atoms with van der Waals surface area (Å²) >= 11 is 0. The van der Waals surface area contributed by atoms with Crippen molar-refractivity contribution >= 4 is 18.4 Å². The lowest BCUT2D eigenvalue weighted by atomic mass is 10.0. The molecule has 5 heteroatoms. The predicted octanol–water partition coefficient (Wildman–Crippen LogP) is 1.03. The molecule has 0 bridgehead atoms. The van der Waals surface area contributed by atoms with Gasteiger partial charge in [0.25, 0.3) is 0 Å². The van der Waals surface area contributed by atoms with Crippen molar-refractivity contribution in [2.24, 2.45) is 0 Å². The van der Waals surface area contributed by atoms with E-state index in [-0.39, 0.29) is 18.4 Å². The van der Waals surface area contributed by atoms with Gasteiger partial charge in [0.2, 0.25) is 0 Å². The van der Waals surface area contributed by atoms with E-state index in [1.165, 1.54) is 6.08 Å². The molecule has 1 unspecified atom stereocenters. The molecule has 1 atom stereocenters. The summed E-state index contributed by atoms with van der Waals surface area (Å²) in [5.41, 5.74) is 0.725. The zero-order valence-electron chi connectivity index (χ0n) is 9.57. The molecule has 0 aromatic carbocycles. The standard InChI is InChI=1S/C11H19NO3.ClH/c1-2-3-6-15-11(14)7-9-8-12-5-4-10(9)13;/h7,10,12-13H,2-6,8H2,1H3;1H/b9-7+;. The van der Waals surface area contributed by atoms with Gasteiger partial charge in [0.05, 0.1) is 12.7 Å². The molecule has 4 nitrogen and oxygen atoms in total. The molecular weight excluding hydrogens is 230 g/mol. The van der Waals surface area contributed by atoms with Crippen LogP contribution in [0.3, 0.4) is 0 Å². The average molecular weight is 250 g/mol. The highest BCUT2D eigenvalue weighted by Gasteiger charge is 2.16. The van der Waals surface area contributed by atoms with Crippen molar-refractivity contribution in [3.63, 3.8) is 0 Å². The van der Waals surface area contributed by atoms with Crippen molar-refractivity contribution in [2.75, 3.05) is 19.7 Å².